The highest BCUT2D eigenvalue weighted by Gasteiger charge is 2.19. The minimum atomic E-state index is -1.53. The molecule has 0 aliphatic heterocycles. The molecule has 7 heteroatoms. The molecule has 1 aromatic carbocycles. The van der Waals surface area contributed by atoms with Gasteiger partial charge in [0.05, 0.1) is 5.02 Å². The standard InChI is InChI=1S/C12H6ClF2NO3/c13-6-4-8(15)11(16-5-6)19-9-3-1-2-7(14)10(9)12(17)18/h1-5H,(H,17,18). The summed E-state index contributed by atoms with van der Waals surface area (Å²) in [5, 5.41) is 8.94. The number of carbonyl (C=O) groups is 1. The second-order valence-corrected chi connectivity index (χ2v) is 3.90. The minimum absolute atomic E-state index is 0.0579. The van der Waals surface area contributed by atoms with Crippen molar-refractivity contribution in [2.45, 2.75) is 0 Å². The first-order valence-corrected chi connectivity index (χ1v) is 5.37. The van der Waals surface area contributed by atoms with Crippen LogP contribution >= 0.6 is 11.6 Å². The number of hydrogen-bond acceptors (Lipinski definition) is 3. The van der Waals surface area contributed by atoms with E-state index in [1.807, 2.05) is 0 Å². The van der Waals surface area contributed by atoms with Crippen molar-refractivity contribution in [1.29, 1.82) is 0 Å². The highest BCUT2D eigenvalue weighted by molar-refractivity contribution is 6.30. The predicted octanol–water partition coefficient (Wildman–Crippen LogP) is 3.50. The lowest BCUT2D eigenvalue weighted by molar-refractivity contribution is 0.0688. The highest BCUT2D eigenvalue weighted by Crippen LogP contribution is 2.28. The molecule has 0 unspecified atom stereocenters. The largest absolute Gasteiger partial charge is 0.477 e. The van der Waals surface area contributed by atoms with Gasteiger partial charge >= 0.3 is 5.97 Å². The summed E-state index contributed by atoms with van der Waals surface area (Å²) >= 11 is 5.51. The molecule has 0 bridgehead atoms. The molecule has 1 N–H and O–H groups in total. The number of aromatic carboxylic acids is 1. The Morgan fingerprint density at radius 1 is 1.32 bits per heavy atom. The zero-order valence-corrected chi connectivity index (χ0v) is 9.99. The van der Waals surface area contributed by atoms with E-state index in [2.05, 4.69) is 4.98 Å². The summed E-state index contributed by atoms with van der Waals surface area (Å²) in [6.07, 6.45) is 1.12. The number of nitrogens with zero attached hydrogens (tertiary/aromatic N) is 1. The lowest BCUT2D eigenvalue weighted by Gasteiger charge is -2.09. The van der Waals surface area contributed by atoms with Crippen LogP contribution in [0, 0.1) is 11.6 Å². The van der Waals surface area contributed by atoms with E-state index in [0.29, 0.717) is 0 Å². The molecule has 0 fully saturated rings. The van der Waals surface area contributed by atoms with Gasteiger partial charge in [0, 0.05) is 6.20 Å². The van der Waals surface area contributed by atoms with Crippen LogP contribution in [0.5, 0.6) is 11.6 Å². The van der Waals surface area contributed by atoms with Gasteiger partial charge < -0.3 is 9.84 Å². The van der Waals surface area contributed by atoms with E-state index in [9.17, 15) is 13.6 Å². The Morgan fingerprint density at radius 3 is 2.68 bits per heavy atom. The number of aromatic nitrogens is 1. The van der Waals surface area contributed by atoms with Crippen LogP contribution in [0.3, 0.4) is 0 Å². The molecule has 0 amide bonds. The van der Waals surface area contributed by atoms with E-state index >= 15 is 0 Å². The van der Waals surface area contributed by atoms with Gasteiger partial charge in [-0.05, 0) is 18.2 Å². The topological polar surface area (TPSA) is 59.4 Å². The lowest BCUT2D eigenvalue weighted by atomic mass is 10.2. The monoisotopic (exact) mass is 285 g/mol. The Hall–Kier alpha value is -2.21. The van der Waals surface area contributed by atoms with Gasteiger partial charge in [-0.1, -0.05) is 17.7 Å². The molecule has 1 aromatic heterocycles. The first kappa shape index (κ1) is 13.2. The van der Waals surface area contributed by atoms with Crippen LogP contribution in [-0.2, 0) is 0 Å². The van der Waals surface area contributed by atoms with E-state index in [-0.39, 0.29) is 10.8 Å². The summed E-state index contributed by atoms with van der Waals surface area (Å²) in [6, 6.07) is 4.35. The number of carboxylic acid groups (broad SMARTS) is 1. The predicted molar refractivity (Wildman–Crippen MR) is 62.6 cm³/mol. The zero-order valence-electron chi connectivity index (χ0n) is 9.23. The van der Waals surface area contributed by atoms with E-state index in [1.54, 1.807) is 0 Å². The second-order valence-electron chi connectivity index (χ2n) is 3.46. The molecule has 0 radical (unpaired) electrons. The van der Waals surface area contributed by atoms with E-state index in [1.165, 1.54) is 12.1 Å². The van der Waals surface area contributed by atoms with Gasteiger partial charge in [-0.2, -0.15) is 0 Å². The van der Waals surface area contributed by atoms with Gasteiger partial charge in [0.1, 0.15) is 17.1 Å². The van der Waals surface area contributed by atoms with Gasteiger partial charge in [-0.15, -0.1) is 0 Å². The van der Waals surface area contributed by atoms with Crippen LogP contribution in [0.15, 0.2) is 30.5 Å². The normalized spacial score (nSPS) is 10.3. The fourth-order valence-corrected chi connectivity index (χ4v) is 1.52. The molecule has 19 heavy (non-hydrogen) atoms. The van der Waals surface area contributed by atoms with Crippen LogP contribution in [0.4, 0.5) is 8.78 Å². The number of benzene rings is 1. The van der Waals surface area contributed by atoms with E-state index in [4.69, 9.17) is 21.4 Å². The lowest BCUT2D eigenvalue weighted by Crippen LogP contribution is -2.04. The second kappa shape index (κ2) is 5.19. The van der Waals surface area contributed by atoms with Crippen molar-refractivity contribution < 1.29 is 23.4 Å². The SMILES string of the molecule is O=C(O)c1c(F)cccc1Oc1ncc(Cl)cc1F. The van der Waals surface area contributed by atoms with Gasteiger partial charge in [0.25, 0.3) is 5.88 Å². The van der Waals surface area contributed by atoms with Crippen LogP contribution in [0.1, 0.15) is 10.4 Å². The van der Waals surface area contributed by atoms with Crippen molar-refractivity contribution in [3.05, 3.63) is 52.7 Å². The number of pyridine rings is 1. The minimum Gasteiger partial charge on any atom is -0.477 e. The number of halogens is 3. The molecule has 0 saturated heterocycles. The van der Waals surface area contributed by atoms with Crippen LogP contribution in [-0.4, -0.2) is 16.1 Å². The molecule has 0 aliphatic carbocycles. The first-order chi connectivity index (χ1) is 8.99. The molecule has 2 rings (SSSR count). The van der Waals surface area contributed by atoms with E-state index < -0.39 is 29.0 Å². The molecular weight excluding hydrogens is 280 g/mol. The van der Waals surface area contributed by atoms with Crippen molar-refractivity contribution in [1.82, 2.24) is 4.98 Å². The zero-order chi connectivity index (χ0) is 14.0. The maximum Gasteiger partial charge on any atom is 0.342 e. The Bertz CT molecular complexity index is 649. The maximum atomic E-state index is 13.5. The number of ether oxygens (including phenoxy) is 1. The summed E-state index contributed by atoms with van der Waals surface area (Å²) in [7, 11) is 0. The average Bonchev–Trinajstić information content (AvgIpc) is 2.32. The van der Waals surface area contributed by atoms with Gasteiger partial charge in [0.2, 0.25) is 0 Å². The van der Waals surface area contributed by atoms with Crippen molar-refractivity contribution >= 4 is 17.6 Å². The average molecular weight is 286 g/mol. The Balaban J connectivity index is 2.44. The van der Waals surface area contributed by atoms with Crippen LogP contribution in [0.25, 0.3) is 0 Å². The number of hydrogen-bond donors (Lipinski definition) is 1. The third-order valence-electron chi connectivity index (χ3n) is 2.17. The molecule has 0 atom stereocenters. The quantitative estimate of drug-likeness (QED) is 0.937. The van der Waals surface area contributed by atoms with E-state index in [0.717, 1.165) is 18.3 Å². The van der Waals surface area contributed by atoms with Gasteiger partial charge in [0.15, 0.2) is 5.82 Å². The first-order valence-electron chi connectivity index (χ1n) is 4.99. The maximum absolute atomic E-state index is 13.5. The third-order valence-corrected chi connectivity index (χ3v) is 2.38. The summed E-state index contributed by atoms with van der Waals surface area (Å²) in [4.78, 5) is 14.5. The van der Waals surface area contributed by atoms with Crippen LogP contribution in [0.2, 0.25) is 5.02 Å². The van der Waals surface area contributed by atoms with Crippen molar-refractivity contribution in [3.63, 3.8) is 0 Å². The summed E-state index contributed by atoms with van der Waals surface area (Å²) < 4.78 is 31.8. The smallest absolute Gasteiger partial charge is 0.342 e. The Morgan fingerprint density at radius 2 is 2.05 bits per heavy atom. The molecular formula is C12H6ClF2NO3. The fourth-order valence-electron chi connectivity index (χ4n) is 1.38. The molecule has 0 spiro atoms. The van der Waals surface area contributed by atoms with Gasteiger partial charge in [-0.25, -0.2) is 18.6 Å². The molecule has 1 heterocycles. The molecule has 98 valence electrons. The number of carboxylic acids is 1. The Labute approximate surface area is 111 Å². The number of rotatable bonds is 3. The van der Waals surface area contributed by atoms with Crippen LogP contribution < -0.4 is 4.74 Å². The summed E-state index contributed by atoms with van der Waals surface area (Å²) in [6.45, 7) is 0. The van der Waals surface area contributed by atoms with Crippen molar-refractivity contribution in [2.75, 3.05) is 0 Å². The molecule has 2 aromatic rings. The molecule has 0 aliphatic rings. The summed E-state index contributed by atoms with van der Waals surface area (Å²) in [5.41, 5.74) is -0.696. The Kier molecular flexibility index (Phi) is 3.62. The third kappa shape index (κ3) is 2.79. The highest BCUT2D eigenvalue weighted by atomic mass is 35.5. The molecule has 0 saturated carbocycles. The van der Waals surface area contributed by atoms with Gasteiger partial charge in [-0.3, -0.25) is 0 Å². The van der Waals surface area contributed by atoms with Crippen molar-refractivity contribution in [2.24, 2.45) is 0 Å². The summed E-state index contributed by atoms with van der Waals surface area (Å²) in [5.74, 6) is -4.23. The van der Waals surface area contributed by atoms with Crippen molar-refractivity contribution in [3.8, 4) is 11.6 Å². The fraction of sp³-hybridized carbons (Fsp3) is 0. The molecule has 4 nitrogen and oxygen atoms in total.